The average molecular weight is 268 g/mol. The van der Waals surface area contributed by atoms with Gasteiger partial charge in [0.25, 0.3) is 5.91 Å². The zero-order valence-electron chi connectivity index (χ0n) is 11.2. The molecule has 0 atom stereocenters. The highest BCUT2D eigenvalue weighted by molar-refractivity contribution is 6.11. The van der Waals surface area contributed by atoms with Crippen LogP contribution in [-0.2, 0) is 6.42 Å². The first-order valence-corrected chi connectivity index (χ1v) is 6.69. The van der Waals surface area contributed by atoms with E-state index in [2.05, 4.69) is 27.4 Å². The molecular formula is C15H16N4O. The van der Waals surface area contributed by atoms with E-state index in [4.69, 9.17) is 0 Å². The van der Waals surface area contributed by atoms with Crippen molar-refractivity contribution in [3.05, 3.63) is 47.8 Å². The minimum Gasteiger partial charge on any atom is -0.361 e. The number of aromatic amines is 2. The molecule has 20 heavy (non-hydrogen) atoms. The van der Waals surface area contributed by atoms with Gasteiger partial charge in [-0.1, -0.05) is 25.5 Å². The van der Waals surface area contributed by atoms with Crippen LogP contribution >= 0.6 is 0 Å². The van der Waals surface area contributed by atoms with E-state index in [9.17, 15) is 4.79 Å². The summed E-state index contributed by atoms with van der Waals surface area (Å²) in [4.78, 5) is 15.4. The number of anilines is 1. The topological polar surface area (TPSA) is 73.6 Å². The number of hydrogen-bond acceptors (Lipinski definition) is 2. The molecule has 0 bridgehead atoms. The quantitative estimate of drug-likeness (QED) is 0.680. The van der Waals surface area contributed by atoms with Crippen LogP contribution in [0, 0.1) is 0 Å². The molecular weight excluding hydrogens is 252 g/mol. The molecule has 0 aliphatic carbocycles. The zero-order valence-corrected chi connectivity index (χ0v) is 11.2. The molecule has 0 saturated carbocycles. The van der Waals surface area contributed by atoms with Crippen LogP contribution < -0.4 is 5.32 Å². The number of carbonyl (C=O) groups is 1. The highest BCUT2D eigenvalue weighted by atomic mass is 16.1. The van der Waals surface area contributed by atoms with Gasteiger partial charge in [-0.3, -0.25) is 9.89 Å². The summed E-state index contributed by atoms with van der Waals surface area (Å²) in [6, 6.07) is 9.46. The van der Waals surface area contributed by atoms with Crippen LogP contribution in [0.25, 0.3) is 10.9 Å². The van der Waals surface area contributed by atoms with Gasteiger partial charge in [0.1, 0.15) is 0 Å². The van der Waals surface area contributed by atoms with Crippen LogP contribution in [0.1, 0.15) is 29.4 Å². The first-order chi connectivity index (χ1) is 9.78. The Hall–Kier alpha value is -2.56. The molecule has 5 heteroatoms. The van der Waals surface area contributed by atoms with Crippen LogP contribution in [0.2, 0.25) is 0 Å². The number of rotatable bonds is 4. The van der Waals surface area contributed by atoms with Gasteiger partial charge in [0.2, 0.25) is 0 Å². The number of benzene rings is 1. The Morgan fingerprint density at radius 2 is 2.25 bits per heavy atom. The molecule has 3 rings (SSSR count). The maximum Gasteiger partial charge on any atom is 0.258 e. The summed E-state index contributed by atoms with van der Waals surface area (Å²) in [5.41, 5.74) is 2.49. The van der Waals surface area contributed by atoms with Crippen molar-refractivity contribution < 1.29 is 4.79 Å². The lowest BCUT2D eigenvalue weighted by Crippen LogP contribution is -2.12. The number of hydrogen-bond donors (Lipinski definition) is 3. The van der Waals surface area contributed by atoms with Crippen LogP contribution in [0.3, 0.4) is 0 Å². The second-order valence-corrected chi connectivity index (χ2v) is 4.73. The van der Waals surface area contributed by atoms with Gasteiger partial charge in [0.15, 0.2) is 5.82 Å². The number of fused-ring (bicyclic) bond motifs is 1. The molecule has 2 aromatic heterocycles. The maximum absolute atomic E-state index is 12.3. The van der Waals surface area contributed by atoms with Gasteiger partial charge in [-0.2, -0.15) is 5.10 Å². The highest BCUT2D eigenvalue weighted by Gasteiger charge is 2.12. The Balaban J connectivity index is 1.83. The minimum atomic E-state index is -0.160. The van der Waals surface area contributed by atoms with E-state index in [1.165, 1.54) is 0 Å². The van der Waals surface area contributed by atoms with Crippen LogP contribution in [0.15, 0.2) is 36.5 Å². The van der Waals surface area contributed by atoms with Crippen molar-refractivity contribution in [3.8, 4) is 0 Å². The molecule has 0 unspecified atom stereocenters. The molecule has 0 saturated heterocycles. The first-order valence-electron chi connectivity index (χ1n) is 6.69. The Bertz CT molecular complexity index is 741. The fraction of sp³-hybridized carbons (Fsp3) is 0.200. The number of nitrogens with zero attached hydrogens (tertiary/aromatic N) is 1. The number of aryl methyl sites for hydroxylation is 1. The highest BCUT2D eigenvalue weighted by Crippen LogP contribution is 2.18. The van der Waals surface area contributed by atoms with Crippen LogP contribution in [0.4, 0.5) is 5.82 Å². The summed E-state index contributed by atoms with van der Waals surface area (Å²) in [6.07, 6.45) is 3.79. The Kier molecular flexibility index (Phi) is 3.25. The summed E-state index contributed by atoms with van der Waals surface area (Å²) >= 11 is 0. The van der Waals surface area contributed by atoms with Gasteiger partial charge in [0.05, 0.1) is 11.1 Å². The molecule has 0 spiro atoms. The molecule has 0 aliphatic rings. The predicted octanol–water partition coefficient (Wildman–Crippen LogP) is 3.10. The van der Waals surface area contributed by atoms with Crippen molar-refractivity contribution in [2.45, 2.75) is 19.8 Å². The van der Waals surface area contributed by atoms with Gasteiger partial charge in [-0.15, -0.1) is 0 Å². The lowest BCUT2D eigenvalue weighted by molar-refractivity contribution is 0.102. The minimum absolute atomic E-state index is 0.160. The van der Waals surface area contributed by atoms with Crippen LogP contribution in [-0.4, -0.2) is 21.1 Å². The fourth-order valence-electron chi connectivity index (χ4n) is 2.28. The molecule has 0 aliphatic heterocycles. The van der Waals surface area contributed by atoms with E-state index in [1.807, 2.05) is 30.5 Å². The molecule has 0 radical (unpaired) electrons. The third kappa shape index (κ3) is 2.30. The standard InChI is InChI=1S/C15H16N4O/c1-2-4-11-9-13(19-18-11)17-15(20)12-6-3-5-10-7-8-16-14(10)12/h3,5-9,16H,2,4H2,1H3,(H2,17,18,19,20). The second kappa shape index (κ2) is 5.21. The predicted molar refractivity (Wildman–Crippen MR) is 78.8 cm³/mol. The first kappa shape index (κ1) is 12.5. The van der Waals surface area contributed by atoms with Crippen LogP contribution in [0.5, 0.6) is 0 Å². The van der Waals surface area contributed by atoms with E-state index < -0.39 is 0 Å². The maximum atomic E-state index is 12.3. The van der Waals surface area contributed by atoms with Gasteiger partial charge < -0.3 is 10.3 Å². The molecule has 5 nitrogen and oxygen atoms in total. The number of H-pyrrole nitrogens is 2. The van der Waals surface area contributed by atoms with E-state index in [1.54, 1.807) is 6.07 Å². The molecule has 1 aromatic carbocycles. The third-order valence-corrected chi connectivity index (χ3v) is 3.22. The Morgan fingerprint density at radius 1 is 1.35 bits per heavy atom. The summed E-state index contributed by atoms with van der Waals surface area (Å²) in [5.74, 6) is 0.398. The second-order valence-electron chi connectivity index (χ2n) is 4.73. The number of amides is 1. The summed E-state index contributed by atoms with van der Waals surface area (Å²) < 4.78 is 0. The molecule has 1 amide bonds. The van der Waals surface area contributed by atoms with Gasteiger partial charge in [-0.25, -0.2) is 0 Å². The van der Waals surface area contributed by atoms with E-state index in [0.29, 0.717) is 11.4 Å². The number of carbonyl (C=O) groups excluding carboxylic acids is 1. The normalized spacial score (nSPS) is 10.8. The summed E-state index contributed by atoms with van der Waals surface area (Å²) in [6.45, 7) is 2.10. The summed E-state index contributed by atoms with van der Waals surface area (Å²) in [5, 5.41) is 10.9. The number of para-hydroxylation sites is 1. The van der Waals surface area contributed by atoms with Gasteiger partial charge in [-0.05, 0) is 18.6 Å². The van der Waals surface area contributed by atoms with Gasteiger partial charge >= 0.3 is 0 Å². The van der Waals surface area contributed by atoms with Crippen molar-refractivity contribution >= 4 is 22.6 Å². The molecule has 3 aromatic rings. The number of aromatic nitrogens is 3. The SMILES string of the molecule is CCCc1cc(NC(=O)c2cccc3cc[nH]c23)n[nH]1. The molecule has 3 N–H and O–H groups in total. The molecule has 2 heterocycles. The lowest BCUT2D eigenvalue weighted by Gasteiger charge is -2.03. The Morgan fingerprint density at radius 3 is 3.10 bits per heavy atom. The van der Waals surface area contributed by atoms with Crippen molar-refractivity contribution in [2.24, 2.45) is 0 Å². The van der Waals surface area contributed by atoms with Crippen molar-refractivity contribution in [2.75, 3.05) is 5.32 Å². The van der Waals surface area contributed by atoms with Crippen molar-refractivity contribution in [1.82, 2.24) is 15.2 Å². The zero-order chi connectivity index (χ0) is 13.9. The third-order valence-electron chi connectivity index (χ3n) is 3.22. The largest absolute Gasteiger partial charge is 0.361 e. The lowest BCUT2D eigenvalue weighted by atomic mass is 10.1. The monoisotopic (exact) mass is 268 g/mol. The Labute approximate surface area is 116 Å². The molecule has 102 valence electrons. The smallest absolute Gasteiger partial charge is 0.258 e. The van der Waals surface area contributed by atoms with Crippen molar-refractivity contribution in [1.29, 1.82) is 0 Å². The molecule has 0 fully saturated rings. The van der Waals surface area contributed by atoms with Crippen molar-refractivity contribution in [3.63, 3.8) is 0 Å². The summed E-state index contributed by atoms with van der Waals surface area (Å²) in [7, 11) is 0. The van der Waals surface area contributed by atoms with E-state index in [-0.39, 0.29) is 5.91 Å². The fourth-order valence-corrected chi connectivity index (χ4v) is 2.28. The number of nitrogens with one attached hydrogen (secondary N) is 3. The van der Waals surface area contributed by atoms with Gasteiger partial charge in [0, 0.05) is 23.3 Å². The average Bonchev–Trinajstić information content (AvgIpc) is 3.07. The van der Waals surface area contributed by atoms with E-state index in [0.717, 1.165) is 29.4 Å². The van der Waals surface area contributed by atoms with E-state index >= 15 is 0 Å².